The van der Waals surface area contributed by atoms with Gasteiger partial charge in [0, 0.05) is 12.7 Å². The molecule has 0 saturated carbocycles. The maximum atomic E-state index is 12.4. The second-order valence-electron chi connectivity index (χ2n) is 5.75. The van der Waals surface area contributed by atoms with Gasteiger partial charge in [-0.1, -0.05) is 11.6 Å². The Morgan fingerprint density at radius 1 is 1.04 bits per heavy atom. The van der Waals surface area contributed by atoms with E-state index in [0.29, 0.717) is 23.5 Å². The molecular weight excluding hydrogens is 308 g/mol. The van der Waals surface area contributed by atoms with E-state index in [9.17, 15) is 9.59 Å². The van der Waals surface area contributed by atoms with Crippen molar-refractivity contribution in [2.45, 2.75) is 26.4 Å². The van der Waals surface area contributed by atoms with Gasteiger partial charge in [-0.3, -0.25) is 9.59 Å². The first-order valence-electron chi connectivity index (χ1n) is 7.66. The molecule has 2 rings (SSSR count). The summed E-state index contributed by atoms with van der Waals surface area (Å²) in [5.74, 6) is 0.161. The van der Waals surface area contributed by atoms with E-state index in [1.165, 1.54) is 26.4 Å². The Morgan fingerprint density at radius 2 is 1.67 bits per heavy atom. The van der Waals surface area contributed by atoms with Crippen LogP contribution < -0.4 is 9.47 Å². The number of hydrogen-bond acceptors (Lipinski definition) is 5. The van der Waals surface area contributed by atoms with Gasteiger partial charge >= 0.3 is 0 Å². The summed E-state index contributed by atoms with van der Waals surface area (Å²) in [4.78, 5) is 24.6. The molecule has 0 saturated heterocycles. The first-order chi connectivity index (χ1) is 11.4. The molecule has 5 nitrogen and oxygen atoms in total. The first kappa shape index (κ1) is 17.9. The normalized spacial score (nSPS) is 14.2. The van der Waals surface area contributed by atoms with Gasteiger partial charge in [-0.2, -0.15) is 0 Å². The van der Waals surface area contributed by atoms with Crippen molar-refractivity contribution in [3.05, 3.63) is 46.6 Å². The Hall–Kier alpha value is -2.40. The van der Waals surface area contributed by atoms with Crippen molar-refractivity contribution in [1.29, 1.82) is 0 Å². The lowest BCUT2D eigenvalue weighted by Gasteiger charge is -2.23. The molecule has 0 unspecified atom stereocenters. The summed E-state index contributed by atoms with van der Waals surface area (Å²) in [6, 6.07) is 1.72. The Balaban J connectivity index is 2.70. The van der Waals surface area contributed by atoms with Crippen molar-refractivity contribution in [2.24, 2.45) is 0 Å². The van der Waals surface area contributed by atoms with Crippen LogP contribution in [-0.4, -0.2) is 32.9 Å². The predicted octanol–water partition coefficient (Wildman–Crippen LogP) is 3.68. The highest BCUT2D eigenvalue weighted by Crippen LogP contribution is 2.41. The standard InChI is InChI=1S/C19H22O5/c1-11(2)6-9-15(22-3)12-10-16(23-4)17-13(20)7-8-14(21)18(17)19(12)24-5/h6-8,10,15H,9H2,1-5H3/t15-/m1/s1. The van der Waals surface area contributed by atoms with E-state index < -0.39 is 0 Å². The average Bonchev–Trinajstić information content (AvgIpc) is 2.57. The van der Waals surface area contributed by atoms with Crippen LogP contribution in [0.5, 0.6) is 11.5 Å². The molecule has 0 spiro atoms. The van der Waals surface area contributed by atoms with Crippen LogP contribution in [-0.2, 0) is 4.74 Å². The summed E-state index contributed by atoms with van der Waals surface area (Å²) in [7, 11) is 4.55. The molecule has 1 aromatic carbocycles. The molecule has 0 fully saturated rings. The van der Waals surface area contributed by atoms with Crippen molar-refractivity contribution in [1.82, 2.24) is 0 Å². The maximum Gasteiger partial charge on any atom is 0.190 e. The van der Waals surface area contributed by atoms with Gasteiger partial charge in [-0.05, 0) is 38.5 Å². The van der Waals surface area contributed by atoms with Crippen molar-refractivity contribution in [2.75, 3.05) is 21.3 Å². The van der Waals surface area contributed by atoms with Gasteiger partial charge in [0.25, 0.3) is 0 Å². The van der Waals surface area contributed by atoms with E-state index in [1.54, 1.807) is 13.2 Å². The molecule has 0 N–H and O–H groups in total. The third kappa shape index (κ3) is 3.26. The van der Waals surface area contributed by atoms with Crippen molar-refractivity contribution >= 4 is 11.6 Å². The Labute approximate surface area is 141 Å². The fraction of sp³-hybridized carbons (Fsp3) is 0.368. The SMILES string of the molecule is COc1cc([C@@H](CC=C(C)C)OC)c(OC)c2c1C(=O)C=CC2=O. The Bertz CT molecular complexity index is 724. The third-order valence-corrected chi connectivity index (χ3v) is 3.95. The van der Waals surface area contributed by atoms with Crippen LogP contribution in [0, 0.1) is 0 Å². The molecule has 1 aliphatic rings. The van der Waals surface area contributed by atoms with Crippen LogP contribution in [0.4, 0.5) is 0 Å². The predicted molar refractivity (Wildman–Crippen MR) is 91.1 cm³/mol. The van der Waals surface area contributed by atoms with E-state index in [4.69, 9.17) is 14.2 Å². The number of benzene rings is 1. The largest absolute Gasteiger partial charge is 0.496 e. The highest BCUT2D eigenvalue weighted by atomic mass is 16.5. The summed E-state index contributed by atoms with van der Waals surface area (Å²) in [6.07, 6.45) is 4.86. The van der Waals surface area contributed by atoms with Gasteiger partial charge < -0.3 is 14.2 Å². The van der Waals surface area contributed by atoms with Gasteiger partial charge in [0.05, 0.1) is 31.5 Å². The minimum Gasteiger partial charge on any atom is -0.496 e. The molecule has 0 amide bonds. The minimum absolute atomic E-state index is 0.235. The summed E-state index contributed by atoms with van der Waals surface area (Å²) in [5.41, 5.74) is 2.32. The summed E-state index contributed by atoms with van der Waals surface area (Å²) >= 11 is 0. The van der Waals surface area contributed by atoms with Gasteiger partial charge in [0.15, 0.2) is 11.6 Å². The van der Waals surface area contributed by atoms with Crippen LogP contribution >= 0.6 is 0 Å². The zero-order valence-electron chi connectivity index (χ0n) is 14.6. The monoisotopic (exact) mass is 330 g/mol. The van der Waals surface area contributed by atoms with Gasteiger partial charge in [-0.15, -0.1) is 0 Å². The van der Waals surface area contributed by atoms with Gasteiger partial charge in [0.2, 0.25) is 0 Å². The van der Waals surface area contributed by atoms with Crippen LogP contribution in [0.1, 0.15) is 52.7 Å². The van der Waals surface area contributed by atoms with Crippen molar-refractivity contribution in [3.63, 3.8) is 0 Å². The molecule has 0 bridgehead atoms. The number of hydrogen-bond donors (Lipinski definition) is 0. The number of ether oxygens (including phenoxy) is 3. The molecular formula is C19H22O5. The van der Waals surface area contributed by atoms with E-state index >= 15 is 0 Å². The third-order valence-electron chi connectivity index (χ3n) is 3.95. The number of rotatable bonds is 6. The summed E-state index contributed by atoms with van der Waals surface area (Å²) < 4.78 is 16.4. The molecule has 0 aromatic heterocycles. The quantitative estimate of drug-likeness (QED) is 0.745. The lowest BCUT2D eigenvalue weighted by Crippen LogP contribution is -2.17. The lowest BCUT2D eigenvalue weighted by atomic mass is 9.88. The van der Waals surface area contributed by atoms with Gasteiger partial charge in [0.1, 0.15) is 11.5 Å². The second kappa shape index (κ2) is 7.45. The lowest BCUT2D eigenvalue weighted by molar-refractivity contribution is 0.0972. The number of methoxy groups -OCH3 is 3. The maximum absolute atomic E-state index is 12.4. The van der Waals surface area contributed by atoms with Crippen LogP contribution in [0.2, 0.25) is 0 Å². The molecule has 0 radical (unpaired) electrons. The Morgan fingerprint density at radius 3 is 2.17 bits per heavy atom. The zero-order valence-corrected chi connectivity index (χ0v) is 14.6. The summed E-state index contributed by atoms with van der Waals surface area (Å²) in [5, 5.41) is 0. The highest BCUT2D eigenvalue weighted by Gasteiger charge is 2.31. The molecule has 1 aromatic rings. The zero-order chi connectivity index (χ0) is 17.9. The molecule has 5 heteroatoms. The van der Waals surface area contributed by atoms with E-state index in [-0.39, 0.29) is 28.8 Å². The number of ketones is 2. The van der Waals surface area contributed by atoms with E-state index in [0.717, 1.165) is 5.57 Å². The fourth-order valence-corrected chi connectivity index (χ4v) is 2.77. The average molecular weight is 330 g/mol. The molecule has 128 valence electrons. The number of fused-ring (bicyclic) bond motifs is 1. The Kier molecular flexibility index (Phi) is 5.57. The van der Waals surface area contributed by atoms with Gasteiger partial charge in [-0.25, -0.2) is 0 Å². The van der Waals surface area contributed by atoms with E-state index in [2.05, 4.69) is 0 Å². The summed E-state index contributed by atoms with van der Waals surface area (Å²) in [6.45, 7) is 4.01. The van der Waals surface area contributed by atoms with Crippen molar-refractivity contribution in [3.8, 4) is 11.5 Å². The topological polar surface area (TPSA) is 61.8 Å². The first-order valence-corrected chi connectivity index (χ1v) is 7.66. The highest BCUT2D eigenvalue weighted by molar-refractivity contribution is 6.24. The molecule has 1 aliphatic carbocycles. The van der Waals surface area contributed by atoms with E-state index in [1.807, 2.05) is 19.9 Å². The fourth-order valence-electron chi connectivity index (χ4n) is 2.77. The van der Waals surface area contributed by atoms with Crippen molar-refractivity contribution < 1.29 is 23.8 Å². The van der Waals surface area contributed by atoms with Crippen LogP contribution in [0.3, 0.4) is 0 Å². The molecule has 0 aliphatic heterocycles. The number of allylic oxidation sites excluding steroid dienone is 3. The second-order valence-corrected chi connectivity index (χ2v) is 5.75. The number of carbonyl (C=O) groups excluding carboxylic acids is 2. The van der Waals surface area contributed by atoms with Crippen LogP contribution in [0.15, 0.2) is 29.9 Å². The molecule has 1 atom stereocenters. The van der Waals surface area contributed by atoms with Crippen LogP contribution in [0.25, 0.3) is 0 Å². The molecule has 0 heterocycles. The minimum atomic E-state index is -0.317. The number of carbonyl (C=O) groups is 2. The smallest absolute Gasteiger partial charge is 0.190 e. The molecule has 24 heavy (non-hydrogen) atoms.